The average Bonchev–Trinajstić information content (AvgIpc) is 3.29. The van der Waals surface area contributed by atoms with E-state index in [1.54, 1.807) is 6.08 Å². The Morgan fingerprint density at radius 1 is 0.493 bits per heavy atom. The van der Waals surface area contributed by atoms with Gasteiger partial charge in [0.05, 0.1) is 39.9 Å². The van der Waals surface area contributed by atoms with Crippen LogP contribution in [0.15, 0.2) is 24.3 Å². The van der Waals surface area contributed by atoms with Crippen LogP contribution in [0.25, 0.3) is 0 Å². The Bertz CT molecular complexity index is 1140. The highest BCUT2D eigenvalue weighted by atomic mass is 31.2. The first-order chi connectivity index (χ1) is 32.5. The third-order valence-corrected chi connectivity index (χ3v) is 14.4. The van der Waals surface area contributed by atoms with Gasteiger partial charge in [0.25, 0.3) is 0 Å². The molecule has 0 saturated carbocycles. The van der Waals surface area contributed by atoms with Crippen molar-refractivity contribution in [1.29, 1.82) is 0 Å². The molecule has 0 aromatic carbocycles. The second kappa shape index (κ2) is 49.9. The van der Waals surface area contributed by atoms with E-state index in [9.17, 15) is 19.4 Å². The summed E-state index contributed by atoms with van der Waals surface area (Å²) >= 11 is 0. The van der Waals surface area contributed by atoms with Crippen LogP contribution in [0.2, 0.25) is 0 Å². The van der Waals surface area contributed by atoms with Crippen LogP contribution in [0.5, 0.6) is 0 Å². The number of phosphoric acid groups is 1. The fraction of sp³-hybridized carbons (Fsp3) is 0.914. The Morgan fingerprint density at radius 3 is 1.19 bits per heavy atom. The van der Waals surface area contributed by atoms with Gasteiger partial charge in [0, 0.05) is 6.42 Å². The summed E-state index contributed by atoms with van der Waals surface area (Å²) in [4.78, 5) is 23.2. The molecule has 0 spiro atoms. The SMILES string of the molecule is CCCCCCC/C=C/CC/C=C/C(O)C(COP(=O)(O)OCC[N+](C)(C)C)NC(=O)CCCCCCCCCCCCCCCCCCCCCCCCCCCCCCCCCCCC. The van der Waals surface area contributed by atoms with Crippen molar-refractivity contribution < 1.29 is 32.9 Å². The Morgan fingerprint density at radius 2 is 0.821 bits per heavy atom. The summed E-state index contributed by atoms with van der Waals surface area (Å²) in [6.07, 6.45) is 63.2. The molecule has 9 heteroatoms. The van der Waals surface area contributed by atoms with E-state index in [2.05, 4.69) is 31.3 Å². The molecule has 0 aliphatic rings. The maximum absolute atomic E-state index is 12.9. The first kappa shape index (κ1) is 66.0. The minimum Gasteiger partial charge on any atom is -0.387 e. The molecule has 0 aliphatic heterocycles. The predicted molar refractivity (Wildman–Crippen MR) is 291 cm³/mol. The highest BCUT2D eigenvalue weighted by Gasteiger charge is 2.27. The van der Waals surface area contributed by atoms with Gasteiger partial charge in [-0.2, -0.15) is 0 Å². The van der Waals surface area contributed by atoms with Gasteiger partial charge in [-0.3, -0.25) is 13.8 Å². The summed E-state index contributed by atoms with van der Waals surface area (Å²) in [6.45, 7) is 4.80. The van der Waals surface area contributed by atoms with Gasteiger partial charge in [-0.25, -0.2) is 4.57 Å². The molecule has 3 N–H and O–H groups in total. The van der Waals surface area contributed by atoms with Crippen molar-refractivity contribution in [3.8, 4) is 0 Å². The fourth-order valence-electron chi connectivity index (χ4n) is 8.83. The van der Waals surface area contributed by atoms with E-state index >= 15 is 0 Å². The van der Waals surface area contributed by atoms with Gasteiger partial charge in [0.15, 0.2) is 0 Å². The van der Waals surface area contributed by atoms with E-state index in [1.807, 2.05) is 27.2 Å². The molecule has 0 aliphatic carbocycles. The quantitative estimate of drug-likeness (QED) is 0.0243. The van der Waals surface area contributed by atoms with Crippen molar-refractivity contribution in [1.82, 2.24) is 5.32 Å². The molecule has 0 aromatic heterocycles. The van der Waals surface area contributed by atoms with E-state index in [-0.39, 0.29) is 19.1 Å². The van der Waals surface area contributed by atoms with E-state index in [4.69, 9.17) is 9.05 Å². The standard InChI is InChI=1S/C58H115N2O6P/c1-6-8-10-12-14-16-18-19-20-21-22-23-24-25-26-27-28-29-30-31-32-33-34-35-36-37-38-39-40-42-44-46-48-50-52-58(62)59-56(55-66-67(63,64)65-54-53-60(3,4)5)57(61)51-49-47-45-43-41-17-15-13-11-9-7-2/h41,43,49,51,56-57,61H,6-40,42,44-48,50,52-55H2,1-5H3,(H-,59,62,63,64)/p+1/b43-41+,51-49+. The number of aliphatic hydroxyl groups excluding tert-OH is 1. The smallest absolute Gasteiger partial charge is 0.387 e. The minimum atomic E-state index is -4.34. The number of nitrogens with one attached hydrogen (secondary N) is 1. The van der Waals surface area contributed by atoms with Crippen LogP contribution in [0.3, 0.4) is 0 Å². The molecule has 1 amide bonds. The molecule has 0 fully saturated rings. The summed E-state index contributed by atoms with van der Waals surface area (Å²) < 4.78 is 23.6. The van der Waals surface area contributed by atoms with Gasteiger partial charge < -0.3 is 19.8 Å². The first-order valence-corrected chi connectivity index (χ1v) is 30.7. The molecular formula is C58H116N2O6P+. The van der Waals surface area contributed by atoms with Gasteiger partial charge in [0.1, 0.15) is 13.2 Å². The van der Waals surface area contributed by atoms with Crippen molar-refractivity contribution in [2.24, 2.45) is 0 Å². The van der Waals surface area contributed by atoms with Crippen molar-refractivity contribution in [3.05, 3.63) is 24.3 Å². The summed E-state index contributed by atoms with van der Waals surface area (Å²) in [5.41, 5.74) is 0. The highest BCUT2D eigenvalue weighted by Crippen LogP contribution is 2.43. The van der Waals surface area contributed by atoms with Crippen LogP contribution < -0.4 is 5.32 Å². The zero-order valence-electron chi connectivity index (χ0n) is 45.4. The lowest BCUT2D eigenvalue weighted by atomic mass is 10.0. The van der Waals surface area contributed by atoms with Gasteiger partial charge in [-0.15, -0.1) is 0 Å². The summed E-state index contributed by atoms with van der Waals surface area (Å²) in [6, 6.07) is -0.858. The van der Waals surface area contributed by atoms with Crippen molar-refractivity contribution in [3.63, 3.8) is 0 Å². The molecule has 0 aromatic rings. The second-order valence-corrected chi connectivity index (χ2v) is 22.8. The number of carbonyl (C=O) groups excluding carboxylic acids is 1. The fourth-order valence-corrected chi connectivity index (χ4v) is 9.56. The maximum atomic E-state index is 12.9. The van der Waals surface area contributed by atoms with Crippen LogP contribution in [0.4, 0.5) is 0 Å². The molecule has 0 heterocycles. The zero-order valence-corrected chi connectivity index (χ0v) is 46.3. The molecule has 0 radical (unpaired) electrons. The zero-order chi connectivity index (χ0) is 49.2. The summed E-state index contributed by atoms with van der Waals surface area (Å²) in [7, 11) is 1.56. The molecular weight excluding hydrogens is 852 g/mol. The van der Waals surface area contributed by atoms with Crippen LogP contribution in [-0.4, -0.2) is 73.4 Å². The topological polar surface area (TPSA) is 105 Å². The van der Waals surface area contributed by atoms with Gasteiger partial charge >= 0.3 is 7.82 Å². The molecule has 0 bridgehead atoms. The van der Waals surface area contributed by atoms with Crippen molar-refractivity contribution in [2.75, 3.05) is 40.9 Å². The minimum absolute atomic E-state index is 0.0583. The molecule has 8 nitrogen and oxygen atoms in total. The molecule has 398 valence electrons. The molecule has 3 unspecified atom stereocenters. The Hall–Kier alpha value is -1.02. The number of nitrogens with zero attached hydrogens (tertiary/aromatic N) is 1. The number of hydrogen-bond acceptors (Lipinski definition) is 5. The lowest BCUT2D eigenvalue weighted by Gasteiger charge is -2.25. The number of rotatable bonds is 54. The van der Waals surface area contributed by atoms with Crippen LogP contribution in [-0.2, 0) is 18.4 Å². The Kier molecular flexibility index (Phi) is 49.2. The van der Waals surface area contributed by atoms with Gasteiger partial charge in [-0.05, 0) is 32.1 Å². The normalized spacial score (nSPS) is 14.1. The van der Waals surface area contributed by atoms with E-state index in [0.717, 1.165) is 38.5 Å². The lowest BCUT2D eigenvalue weighted by Crippen LogP contribution is -2.45. The first-order valence-electron chi connectivity index (χ1n) is 29.2. The number of amides is 1. The number of carbonyl (C=O) groups is 1. The third kappa shape index (κ3) is 52.6. The lowest BCUT2D eigenvalue weighted by molar-refractivity contribution is -0.870. The number of phosphoric ester groups is 1. The van der Waals surface area contributed by atoms with Crippen LogP contribution >= 0.6 is 7.82 Å². The summed E-state index contributed by atoms with van der Waals surface area (Å²) in [5, 5.41) is 13.8. The number of unbranched alkanes of at least 4 members (excludes halogenated alkanes) is 39. The molecule has 3 atom stereocenters. The maximum Gasteiger partial charge on any atom is 0.472 e. The van der Waals surface area contributed by atoms with Gasteiger partial charge in [0.2, 0.25) is 5.91 Å². The third-order valence-electron chi connectivity index (χ3n) is 13.4. The van der Waals surface area contributed by atoms with Crippen molar-refractivity contribution >= 4 is 13.7 Å². The number of allylic oxidation sites excluding steroid dienone is 3. The van der Waals surface area contributed by atoms with Gasteiger partial charge in [-0.1, -0.05) is 276 Å². The van der Waals surface area contributed by atoms with E-state index < -0.39 is 20.0 Å². The van der Waals surface area contributed by atoms with E-state index in [1.165, 1.54) is 231 Å². The van der Waals surface area contributed by atoms with Crippen LogP contribution in [0, 0.1) is 0 Å². The Labute approximate surface area is 417 Å². The predicted octanol–water partition coefficient (Wildman–Crippen LogP) is 17.6. The molecule has 0 saturated heterocycles. The monoisotopic (exact) mass is 968 g/mol. The number of hydrogen-bond donors (Lipinski definition) is 3. The van der Waals surface area contributed by atoms with Crippen LogP contribution in [0.1, 0.15) is 290 Å². The highest BCUT2D eigenvalue weighted by molar-refractivity contribution is 7.47. The molecule has 67 heavy (non-hydrogen) atoms. The molecule has 0 rings (SSSR count). The average molecular weight is 969 g/mol. The summed E-state index contributed by atoms with van der Waals surface area (Å²) in [5.74, 6) is -0.183. The van der Waals surface area contributed by atoms with E-state index in [0.29, 0.717) is 17.4 Å². The number of quaternary nitrogens is 1. The number of likely N-dealkylation sites (N-methyl/N-ethyl adjacent to an activating group) is 1. The number of aliphatic hydroxyl groups is 1. The largest absolute Gasteiger partial charge is 0.472 e. The Balaban J connectivity index is 3.90. The second-order valence-electron chi connectivity index (χ2n) is 21.4. The van der Waals surface area contributed by atoms with Crippen molar-refractivity contribution in [2.45, 2.75) is 302 Å².